The summed E-state index contributed by atoms with van der Waals surface area (Å²) in [5.74, 6) is -0.149. The molecule has 0 saturated carbocycles. The molecule has 0 aliphatic heterocycles. The number of hydrogen-bond donors (Lipinski definition) is 2. The zero-order valence-corrected chi connectivity index (χ0v) is 12.7. The Morgan fingerprint density at radius 3 is 2.62 bits per heavy atom. The quantitative estimate of drug-likeness (QED) is 0.842. The van der Waals surface area contributed by atoms with E-state index in [2.05, 4.69) is 9.88 Å². The number of benzene rings is 1. The van der Waals surface area contributed by atoms with Gasteiger partial charge in [0.15, 0.2) is 0 Å². The minimum absolute atomic E-state index is 0.0186. The SMILES string of the molecule is Cc1noc(C)c1C(C)NS(=O)(=O)c1cc(F)ccc1N. The van der Waals surface area contributed by atoms with Gasteiger partial charge in [0.25, 0.3) is 0 Å². The number of anilines is 1. The Labute approximate surface area is 122 Å². The molecule has 2 aromatic rings. The molecular weight excluding hydrogens is 297 g/mol. The van der Waals surface area contributed by atoms with Crippen molar-refractivity contribution in [2.45, 2.75) is 31.7 Å². The predicted molar refractivity (Wildman–Crippen MR) is 75.5 cm³/mol. The number of nitrogens with one attached hydrogen (secondary N) is 1. The van der Waals surface area contributed by atoms with Crippen molar-refractivity contribution < 1.29 is 17.3 Å². The van der Waals surface area contributed by atoms with Crippen LogP contribution in [0.25, 0.3) is 0 Å². The van der Waals surface area contributed by atoms with Gasteiger partial charge in [-0.15, -0.1) is 0 Å². The molecular formula is C13H16FN3O3S. The van der Waals surface area contributed by atoms with Gasteiger partial charge in [-0.2, -0.15) is 0 Å². The minimum Gasteiger partial charge on any atom is -0.398 e. The molecule has 0 radical (unpaired) electrons. The van der Waals surface area contributed by atoms with E-state index in [4.69, 9.17) is 10.3 Å². The van der Waals surface area contributed by atoms with E-state index in [0.717, 1.165) is 12.1 Å². The maximum Gasteiger partial charge on any atom is 0.243 e. The van der Waals surface area contributed by atoms with Crippen LogP contribution in [0.1, 0.15) is 30.0 Å². The van der Waals surface area contributed by atoms with Crippen LogP contribution in [0.5, 0.6) is 0 Å². The number of halogens is 1. The van der Waals surface area contributed by atoms with Crippen LogP contribution in [0.15, 0.2) is 27.6 Å². The fourth-order valence-corrected chi connectivity index (χ4v) is 3.56. The summed E-state index contributed by atoms with van der Waals surface area (Å²) in [6.07, 6.45) is 0. The van der Waals surface area contributed by atoms with Gasteiger partial charge in [0.1, 0.15) is 16.5 Å². The van der Waals surface area contributed by atoms with Crippen molar-refractivity contribution in [1.82, 2.24) is 9.88 Å². The van der Waals surface area contributed by atoms with Crippen LogP contribution in [-0.2, 0) is 10.0 Å². The highest BCUT2D eigenvalue weighted by Gasteiger charge is 2.24. The van der Waals surface area contributed by atoms with Crippen molar-refractivity contribution >= 4 is 15.7 Å². The van der Waals surface area contributed by atoms with Crippen LogP contribution in [0.3, 0.4) is 0 Å². The first-order valence-electron chi connectivity index (χ1n) is 6.22. The molecule has 0 aliphatic carbocycles. The lowest BCUT2D eigenvalue weighted by molar-refractivity contribution is 0.391. The number of nitrogens with two attached hydrogens (primary N) is 1. The molecule has 0 amide bonds. The standard InChI is InChI=1S/C13H16FN3O3S/c1-7-13(9(3)20-16-7)8(2)17-21(18,19)12-6-10(14)4-5-11(12)15/h4-6,8,17H,15H2,1-3H3. The number of rotatable bonds is 4. The van der Waals surface area contributed by atoms with Gasteiger partial charge < -0.3 is 10.3 Å². The van der Waals surface area contributed by atoms with Gasteiger partial charge in [-0.3, -0.25) is 0 Å². The smallest absolute Gasteiger partial charge is 0.243 e. The molecule has 21 heavy (non-hydrogen) atoms. The first-order chi connectivity index (χ1) is 9.72. The molecule has 0 bridgehead atoms. The minimum atomic E-state index is -3.96. The predicted octanol–water partition coefficient (Wildman–Crippen LogP) is 2.05. The lowest BCUT2D eigenvalue weighted by Gasteiger charge is -2.15. The van der Waals surface area contributed by atoms with Crippen LogP contribution in [0.2, 0.25) is 0 Å². The molecule has 0 fully saturated rings. The summed E-state index contributed by atoms with van der Waals surface area (Å²) in [6, 6.07) is 2.62. The van der Waals surface area contributed by atoms with Gasteiger partial charge in [-0.25, -0.2) is 17.5 Å². The zero-order valence-electron chi connectivity index (χ0n) is 11.8. The lowest BCUT2D eigenvalue weighted by Crippen LogP contribution is -2.28. The summed E-state index contributed by atoms with van der Waals surface area (Å²) in [5, 5.41) is 3.78. The van der Waals surface area contributed by atoms with Crippen molar-refractivity contribution in [2.24, 2.45) is 0 Å². The Morgan fingerprint density at radius 1 is 1.38 bits per heavy atom. The summed E-state index contributed by atoms with van der Waals surface area (Å²) in [5.41, 5.74) is 6.83. The second kappa shape index (κ2) is 5.45. The van der Waals surface area contributed by atoms with Gasteiger partial charge >= 0.3 is 0 Å². The van der Waals surface area contributed by atoms with Crippen molar-refractivity contribution in [1.29, 1.82) is 0 Å². The van der Waals surface area contributed by atoms with Crippen molar-refractivity contribution in [3.63, 3.8) is 0 Å². The Kier molecular flexibility index (Phi) is 4.02. The number of sulfonamides is 1. The van der Waals surface area contributed by atoms with Crippen LogP contribution >= 0.6 is 0 Å². The lowest BCUT2D eigenvalue weighted by atomic mass is 10.1. The Morgan fingerprint density at radius 2 is 2.05 bits per heavy atom. The van der Waals surface area contributed by atoms with Gasteiger partial charge in [-0.05, 0) is 39.0 Å². The van der Waals surface area contributed by atoms with E-state index in [0.29, 0.717) is 17.0 Å². The molecule has 8 heteroatoms. The number of nitrogen functional groups attached to an aromatic ring is 1. The summed E-state index contributed by atoms with van der Waals surface area (Å²) in [6.45, 7) is 5.06. The van der Waals surface area contributed by atoms with E-state index < -0.39 is 21.9 Å². The van der Waals surface area contributed by atoms with E-state index >= 15 is 0 Å². The molecule has 1 unspecified atom stereocenters. The van der Waals surface area contributed by atoms with Gasteiger partial charge in [-0.1, -0.05) is 5.16 Å². The molecule has 1 atom stereocenters. The summed E-state index contributed by atoms with van der Waals surface area (Å²) in [7, 11) is -3.96. The van der Waals surface area contributed by atoms with Gasteiger partial charge in [0.2, 0.25) is 10.0 Å². The zero-order chi connectivity index (χ0) is 15.8. The van der Waals surface area contributed by atoms with E-state index in [1.807, 2.05) is 0 Å². The first-order valence-corrected chi connectivity index (χ1v) is 7.71. The molecule has 114 valence electrons. The van der Waals surface area contributed by atoms with E-state index in [1.54, 1.807) is 20.8 Å². The average molecular weight is 313 g/mol. The summed E-state index contributed by atoms with van der Waals surface area (Å²) >= 11 is 0. The number of nitrogens with zero attached hydrogens (tertiary/aromatic N) is 1. The van der Waals surface area contributed by atoms with E-state index in [1.165, 1.54) is 6.07 Å². The maximum atomic E-state index is 13.2. The van der Waals surface area contributed by atoms with Crippen molar-refractivity contribution in [3.8, 4) is 0 Å². The molecule has 1 aromatic carbocycles. The largest absolute Gasteiger partial charge is 0.398 e. The molecule has 6 nitrogen and oxygen atoms in total. The number of hydrogen-bond acceptors (Lipinski definition) is 5. The summed E-state index contributed by atoms with van der Waals surface area (Å²) < 4.78 is 45.4. The molecule has 0 aliphatic rings. The van der Waals surface area contributed by atoms with Crippen LogP contribution in [-0.4, -0.2) is 13.6 Å². The molecule has 0 spiro atoms. The highest BCUT2D eigenvalue weighted by molar-refractivity contribution is 7.89. The number of aromatic nitrogens is 1. The Bertz CT molecular complexity index is 751. The third kappa shape index (κ3) is 3.06. The Hall–Kier alpha value is -1.93. The van der Waals surface area contributed by atoms with Gasteiger partial charge in [0, 0.05) is 11.6 Å². The van der Waals surface area contributed by atoms with Crippen LogP contribution < -0.4 is 10.5 Å². The average Bonchev–Trinajstić information content (AvgIpc) is 2.71. The first kappa shape index (κ1) is 15.5. The van der Waals surface area contributed by atoms with Crippen molar-refractivity contribution in [3.05, 3.63) is 41.0 Å². The molecule has 1 heterocycles. The molecule has 3 N–H and O–H groups in total. The highest BCUT2D eigenvalue weighted by atomic mass is 32.2. The number of aryl methyl sites for hydroxylation is 2. The fourth-order valence-electron chi connectivity index (χ4n) is 2.20. The third-order valence-corrected chi connectivity index (χ3v) is 4.72. The second-order valence-electron chi connectivity index (χ2n) is 4.76. The van der Waals surface area contributed by atoms with E-state index in [9.17, 15) is 12.8 Å². The second-order valence-corrected chi connectivity index (χ2v) is 6.45. The third-order valence-electron chi connectivity index (χ3n) is 3.12. The normalized spacial score (nSPS) is 13.3. The molecule has 2 rings (SSSR count). The highest BCUT2D eigenvalue weighted by Crippen LogP contribution is 2.25. The van der Waals surface area contributed by atoms with E-state index in [-0.39, 0.29) is 10.6 Å². The van der Waals surface area contributed by atoms with Crippen molar-refractivity contribution in [2.75, 3.05) is 5.73 Å². The molecule has 1 aromatic heterocycles. The Balaban J connectivity index is 2.36. The van der Waals surface area contributed by atoms with Crippen LogP contribution in [0, 0.1) is 19.7 Å². The fraction of sp³-hybridized carbons (Fsp3) is 0.308. The molecule has 0 saturated heterocycles. The monoisotopic (exact) mass is 313 g/mol. The maximum absolute atomic E-state index is 13.2. The summed E-state index contributed by atoms with van der Waals surface area (Å²) in [4.78, 5) is -0.291. The van der Waals surface area contributed by atoms with Gasteiger partial charge in [0.05, 0.1) is 11.4 Å². The topological polar surface area (TPSA) is 98.2 Å². The van der Waals surface area contributed by atoms with Crippen LogP contribution in [0.4, 0.5) is 10.1 Å².